The summed E-state index contributed by atoms with van der Waals surface area (Å²) in [6.45, 7) is 12.2. The molecule has 1 aromatic carbocycles. The highest BCUT2D eigenvalue weighted by Gasteiger charge is 2.07. The molecule has 0 saturated carbocycles. The molecule has 1 saturated heterocycles. The van der Waals surface area contributed by atoms with Crippen molar-refractivity contribution < 1.29 is 0 Å². The van der Waals surface area contributed by atoms with Gasteiger partial charge in [-0.3, -0.25) is 4.90 Å². The van der Waals surface area contributed by atoms with Crippen LogP contribution in [0.25, 0.3) is 0 Å². The second kappa shape index (κ2) is 15.0. The van der Waals surface area contributed by atoms with Gasteiger partial charge in [0.05, 0.1) is 0 Å². The number of unbranched alkanes of at least 4 members (excludes halogenated alkanes) is 3. The highest BCUT2D eigenvalue weighted by molar-refractivity contribution is 5.22. The molecule has 0 spiro atoms. The Bertz CT molecular complexity index is 446. The van der Waals surface area contributed by atoms with Crippen LogP contribution in [0.4, 0.5) is 0 Å². The van der Waals surface area contributed by atoms with Crippen LogP contribution in [0.5, 0.6) is 0 Å². The molecule has 0 amide bonds. The molecule has 1 aliphatic heterocycles. The summed E-state index contributed by atoms with van der Waals surface area (Å²) in [5.74, 6) is 0. The number of hydrogen-bond acceptors (Lipinski definition) is 4. The SMILES string of the molecule is CCCCCCc1ccc(CN2CCCNCCNCCCNCC2)cc1. The van der Waals surface area contributed by atoms with E-state index in [1.165, 1.54) is 62.6 Å². The van der Waals surface area contributed by atoms with Crippen LogP contribution in [0.2, 0.25) is 0 Å². The number of nitrogens with zero attached hydrogens (tertiary/aromatic N) is 1. The largest absolute Gasteiger partial charge is 0.315 e. The molecule has 0 unspecified atom stereocenters. The fourth-order valence-corrected chi connectivity index (χ4v) is 3.65. The van der Waals surface area contributed by atoms with Gasteiger partial charge in [0.2, 0.25) is 0 Å². The monoisotopic (exact) mass is 374 g/mol. The molecule has 27 heavy (non-hydrogen) atoms. The van der Waals surface area contributed by atoms with E-state index < -0.39 is 0 Å². The van der Waals surface area contributed by atoms with Gasteiger partial charge in [0.25, 0.3) is 0 Å². The first-order valence-electron chi connectivity index (χ1n) is 11.3. The minimum absolute atomic E-state index is 1.07. The molecule has 3 N–H and O–H groups in total. The van der Waals surface area contributed by atoms with E-state index >= 15 is 0 Å². The third-order valence-electron chi connectivity index (χ3n) is 5.37. The molecule has 154 valence electrons. The van der Waals surface area contributed by atoms with Crippen molar-refractivity contribution in [2.45, 2.75) is 58.4 Å². The molecule has 2 rings (SSSR count). The van der Waals surface area contributed by atoms with Gasteiger partial charge < -0.3 is 16.0 Å². The highest BCUT2D eigenvalue weighted by Crippen LogP contribution is 2.11. The summed E-state index contributed by atoms with van der Waals surface area (Å²) in [4.78, 5) is 2.61. The van der Waals surface area contributed by atoms with Gasteiger partial charge in [0.1, 0.15) is 0 Å². The minimum Gasteiger partial charge on any atom is -0.315 e. The summed E-state index contributed by atoms with van der Waals surface area (Å²) in [5, 5.41) is 10.6. The normalized spacial score (nSPS) is 18.9. The fourth-order valence-electron chi connectivity index (χ4n) is 3.65. The van der Waals surface area contributed by atoms with Crippen molar-refractivity contribution in [3.8, 4) is 0 Å². The first-order valence-corrected chi connectivity index (χ1v) is 11.3. The van der Waals surface area contributed by atoms with Crippen LogP contribution in [-0.4, -0.2) is 57.3 Å². The zero-order valence-corrected chi connectivity index (χ0v) is 17.6. The van der Waals surface area contributed by atoms with Crippen LogP contribution in [0.3, 0.4) is 0 Å². The lowest BCUT2D eigenvalue weighted by molar-refractivity contribution is 0.260. The molecule has 4 heteroatoms. The molecule has 1 aromatic rings. The van der Waals surface area contributed by atoms with Gasteiger partial charge in [-0.15, -0.1) is 0 Å². The Morgan fingerprint density at radius 3 is 2.11 bits per heavy atom. The molecular weight excluding hydrogens is 332 g/mol. The number of nitrogens with one attached hydrogen (secondary N) is 3. The first-order chi connectivity index (χ1) is 13.4. The summed E-state index contributed by atoms with van der Waals surface area (Å²) in [5.41, 5.74) is 2.95. The summed E-state index contributed by atoms with van der Waals surface area (Å²) >= 11 is 0. The van der Waals surface area contributed by atoms with Crippen molar-refractivity contribution in [2.75, 3.05) is 52.4 Å². The van der Waals surface area contributed by atoms with Crippen molar-refractivity contribution in [3.05, 3.63) is 35.4 Å². The Balaban J connectivity index is 1.76. The van der Waals surface area contributed by atoms with Crippen molar-refractivity contribution in [1.29, 1.82) is 0 Å². The van der Waals surface area contributed by atoms with Crippen LogP contribution < -0.4 is 16.0 Å². The van der Waals surface area contributed by atoms with E-state index in [-0.39, 0.29) is 0 Å². The maximum Gasteiger partial charge on any atom is 0.0234 e. The van der Waals surface area contributed by atoms with E-state index in [1.807, 2.05) is 0 Å². The predicted molar refractivity (Wildman–Crippen MR) is 117 cm³/mol. The second-order valence-corrected chi connectivity index (χ2v) is 7.86. The Morgan fingerprint density at radius 2 is 1.37 bits per heavy atom. The van der Waals surface area contributed by atoms with Crippen LogP contribution in [0.15, 0.2) is 24.3 Å². The third kappa shape index (κ3) is 10.8. The summed E-state index contributed by atoms with van der Waals surface area (Å²) < 4.78 is 0. The lowest BCUT2D eigenvalue weighted by atomic mass is 10.0. The molecule has 1 fully saturated rings. The van der Waals surface area contributed by atoms with Crippen LogP contribution >= 0.6 is 0 Å². The smallest absolute Gasteiger partial charge is 0.0234 e. The van der Waals surface area contributed by atoms with Gasteiger partial charge in [-0.25, -0.2) is 0 Å². The Hall–Kier alpha value is -0.940. The quantitative estimate of drug-likeness (QED) is 0.641. The van der Waals surface area contributed by atoms with Gasteiger partial charge >= 0.3 is 0 Å². The van der Waals surface area contributed by atoms with E-state index in [9.17, 15) is 0 Å². The van der Waals surface area contributed by atoms with Crippen LogP contribution in [-0.2, 0) is 13.0 Å². The Morgan fingerprint density at radius 1 is 0.704 bits per heavy atom. The van der Waals surface area contributed by atoms with Crippen molar-refractivity contribution >= 4 is 0 Å². The van der Waals surface area contributed by atoms with Crippen molar-refractivity contribution in [3.63, 3.8) is 0 Å². The number of aryl methyl sites for hydroxylation is 1. The molecule has 0 bridgehead atoms. The van der Waals surface area contributed by atoms with Crippen molar-refractivity contribution in [2.24, 2.45) is 0 Å². The third-order valence-corrected chi connectivity index (χ3v) is 5.37. The molecule has 0 aliphatic carbocycles. The molecule has 0 atom stereocenters. The Kier molecular flexibility index (Phi) is 12.4. The predicted octanol–water partition coefficient (Wildman–Crippen LogP) is 3.17. The average molecular weight is 375 g/mol. The van der Waals surface area contributed by atoms with Gasteiger partial charge in [-0.1, -0.05) is 50.5 Å². The highest BCUT2D eigenvalue weighted by atomic mass is 15.1. The molecule has 0 radical (unpaired) electrons. The summed E-state index contributed by atoms with van der Waals surface area (Å²) in [6.07, 6.45) is 9.03. The van der Waals surface area contributed by atoms with Gasteiger partial charge in [0, 0.05) is 32.7 Å². The van der Waals surface area contributed by atoms with Gasteiger partial charge in [0.15, 0.2) is 0 Å². The molecule has 1 aliphatic rings. The maximum atomic E-state index is 3.60. The number of rotatable bonds is 7. The minimum atomic E-state index is 1.07. The van der Waals surface area contributed by atoms with E-state index in [0.29, 0.717) is 0 Å². The molecule has 0 aromatic heterocycles. The lowest BCUT2D eigenvalue weighted by Crippen LogP contribution is -2.36. The average Bonchev–Trinajstić information content (AvgIpc) is 2.69. The topological polar surface area (TPSA) is 39.3 Å². The van der Waals surface area contributed by atoms with Crippen LogP contribution in [0.1, 0.15) is 56.6 Å². The van der Waals surface area contributed by atoms with E-state index in [4.69, 9.17) is 0 Å². The molecular formula is C23H42N4. The molecule has 4 nitrogen and oxygen atoms in total. The number of benzene rings is 1. The van der Waals surface area contributed by atoms with Gasteiger partial charge in [-0.05, 0) is 63.0 Å². The zero-order valence-electron chi connectivity index (χ0n) is 17.6. The van der Waals surface area contributed by atoms with Gasteiger partial charge in [-0.2, -0.15) is 0 Å². The fraction of sp³-hybridized carbons (Fsp3) is 0.739. The number of hydrogen-bond donors (Lipinski definition) is 3. The first kappa shape index (κ1) is 22.4. The van der Waals surface area contributed by atoms with E-state index in [0.717, 1.165) is 52.4 Å². The van der Waals surface area contributed by atoms with E-state index in [1.54, 1.807) is 0 Å². The Labute approximate surface area is 167 Å². The summed E-state index contributed by atoms with van der Waals surface area (Å²) in [6, 6.07) is 9.38. The van der Waals surface area contributed by atoms with Crippen molar-refractivity contribution in [1.82, 2.24) is 20.9 Å². The standard InChI is InChI=1S/C23H42N4/c1-2-3-4-5-8-22-9-11-23(12-10-22)21-27-19-7-15-25-17-16-24-13-6-14-26-18-20-27/h9-12,24-26H,2-8,13-21H2,1H3. The second-order valence-electron chi connectivity index (χ2n) is 7.86. The maximum absolute atomic E-state index is 3.60. The zero-order chi connectivity index (χ0) is 19.0. The van der Waals surface area contributed by atoms with E-state index in [2.05, 4.69) is 52.0 Å². The van der Waals surface area contributed by atoms with Crippen LogP contribution in [0, 0.1) is 0 Å². The lowest BCUT2D eigenvalue weighted by Gasteiger charge is -2.23. The molecule has 1 heterocycles. The summed E-state index contributed by atoms with van der Waals surface area (Å²) in [7, 11) is 0.